The predicted molar refractivity (Wildman–Crippen MR) is 39.8 cm³/mol. The Labute approximate surface area is 69.9 Å². The first kappa shape index (κ1) is 10.9. The van der Waals surface area contributed by atoms with Crippen LogP contribution < -0.4 is 10.9 Å². The van der Waals surface area contributed by atoms with Gasteiger partial charge >= 0.3 is 5.97 Å². The summed E-state index contributed by atoms with van der Waals surface area (Å²) in [6.45, 7) is 0.839. The van der Waals surface area contributed by atoms with Crippen molar-refractivity contribution in [3.63, 3.8) is 0 Å². The zero-order valence-corrected chi connectivity index (χ0v) is 6.96. The molecule has 0 rings (SSSR count). The number of hydrogen-bond acceptors (Lipinski definition) is 5. The third kappa shape index (κ3) is 3.89. The summed E-state index contributed by atoms with van der Waals surface area (Å²) in [6.07, 6.45) is 0. The van der Waals surface area contributed by atoms with Gasteiger partial charge in [0.2, 0.25) is 5.91 Å². The molecule has 0 fully saturated rings. The molecule has 1 atom stereocenters. The monoisotopic (exact) mass is 176 g/mol. The molecule has 0 heterocycles. The zero-order valence-electron chi connectivity index (χ0n) is 6.96. The van der Waals surface area contributed by atoms with E-state index in [4.69, 9.17) is 5.11 Å². The van der Waals surface area contributed by atoms with E-state index in [1.807, 2.05) is 0 Å². The summed E-state index contributed by atoms with van der Waals surface area (Å²) >= 11 is 0. The Morgan fingerprint density at radius 1 is 1.58 bits per heavy atom. The molecule has 0 spiro atoms. The predicted octanol–water partition coefficient (Wildman–Crippen LogP) is -1.84. The number of ether oxygens (including phenoxy) is 1. The zero-order chi connectivity index (χ0) is 9.56. The highest BCUT2D eigenvalue weighted by molar-refractivity contribution is 5.77. The summed E-state index contributed by atoms with van der Waals surface area (Å²) < 4.78 is 4.32. The van der Waals surface area contributed by atoms with Gasteiger partial charge in [-0.1, -0.05) is 0 Å². The van der Waals surface area contributed by atoms with Gasteiger partial charge in [0.05, 0.1) is 13.7 Å². The van der Waals surface area contributed by atoms with Crippen molar-refractivity contribution in [2.24, 2.45) is 0 Å². The van der Waals surface area contributed by atoms with E-state index in [1.165, 1.54) is 14.0 Å². The lowest BCUT2D eigenvalue weighted by Crippen LogP contribution is -2.49. The molecule has 6 nitrogen and oxygen atoms in total. The van der Waals surface area contributed by atoms with Crippen molar-refractivity contribution < 1.29 is 19.4 Å². The number of hydrazine groups is 1. The second-order valence-electron chi connectivity index (χ2n) is 2.08. The molecule has 0 aromatic carbocycles. The average molecular weight is 176 g/mol. The van der Waals surface area contributed by atoms with E-state index >= 15 is 0 Å². The normalized spacial score (nSPS) is 11.9. The highest BCUT2D eigenvalue weighted by atomic mass is 16.5. The summed E-state index contributed by atoms with van der Waals surface area (Å²) in [4.78, 5) is 21.1. The fourth-order valence-corrected chi connectivity index (χ4v) is 0.510. The first-order valence-electron chi connectivity index (χ1n) is 3.32. The topological polar surface area (TPSA) is 87.7 Å². The van der Waals surface area contributed by atoms with E-state index in [1.54, 1.807) is 0 Å². The van der Waals surface area contributed by atoms with E-state index < -0.39 is 18.6 Å². The van der Waals surface area contributed by atoms with Gasteiger partial charge in [0.25, 0.3) is 0 Å². The number of carbonyl (C=O) groups is 2. The van der Waals surface area contributed by atoms with Crippen LogP contribution in [0.25, 0.3) is 0 Å². The SMILES string of the molecule is COC(=O)[C@@H](CO)NNC(C)=O. The summed E-state index contributed by atoms with van der Waals surface area (Å²) in [5, 5.41) is 8.63. The molecule has 3 N–H and O–H groups in total. The molecule has 0 unspecified atom stereocenters. The maximum atomic E-state index is 10.8. The summed E-state index contributed by atoms with van der Waals surface area (Å²) in [6, 6.07) is -0.918. The first-order valence-corrected chi connectivity index (χ1v) is 3.32. The van der Waals surface area contributed by atoms with E-state index in [0.717, 1.165) is 0 Å². The van der Waals surface area contributed by atoms with Crippen LogP contribution in [0.4, 0.5) is 0 Å². The lowest BCUT2D eigenvalue weighted by atomic mass is 10.3. The number of aliphatic hydroxyl groups excluding tert-OH is 1. The van der Waals surface area contributed by atoms with Gasteiger partial charge in [-0.3, -0.25) is 15.0 Å². The molecule has 6 heteroatoms. The van der Waals surface area contributed by atoms with Gasteiger partial charge < -0.3 is 9.84 Å². The average Bonchev–Trinajstić information content (AvgIpc) is 2.04. The molecule has 0 bridgehead atoms. The minimum Gasteiger partial charge on any atom is -0.468 e. The molecular weight excluding hydrogens is 164 g/mol. The second kappa shape index (κ2) is 5.50. The van der Waals surface area contributed by atoms with Gasteiger partial charge in [0, 0.05) is 6.92 Å². The van der Waals surface area contributed by atoms with Crippen molar-refractivity contribution in [3.8, 4) is 0 Å². The highest BCUT2D eigenvalue weighted by Gasteiger charge is 2.17. The van der Waals surface area contributed by atoms with Crippen LogP contribution in [-0.4, -0.2) is 36.7 Å². The minimum atomic E-state index is -0.918. The van der Waals surface area contributed by atoms with Gasteiger partial charge in [0.15, 0.2) is 0 Å². The Balaban J connectivity index is 3.83. The van der Waals surface area contributed by atoms with Gasteiger partial charge in [-0.15, -0.1) is 0 Å². The van der Waals surface area contributed by atoms with Crippen molar-refractivity contribution in [2.45, 2.75) is 13.0 Å². The van der Waals surface area contributed by atoms with Crippen LogP contribution in [0.3, 0.4) is 0 Å². The number of methoxy groups -OCH3 is 1. The molecule has 12 heavy (non-hydrogen) atoms. The lowest BCUT2D eigenvalue weighted by Gasteiger charge is -2.13. The molecule has 0 radical (unpaired) electrons. The fourth-order valence-electron chi connectivity index (χ4n) is 0.510. The molecule has 70 valence electrons. The van der Waals surface area contributed by atoms with Crippen molar-refractivity contribution in [1.82, 2.24) is 10.9 Å². The Bertz CT molecular complexity index is 171. The third-order valence-corrected chi connectivity index (χ3v) is 1.09. The van der Waals surface area contributed by atoms with Gasteiger partial charge in [-0.05, 0) is 0 Å². The third-order valence-electron chi connectivity index (χ3n) is 1.09. The number of nitrogens with one attached hydrogen (secondary N) is 2. The molecule has 0 aromatic rings. The Morgan fingerprint density at radius 2 is 2.17 bits per heavy atom. The number of esters is 1. The smallest absolute Gasteiger partial charge is 0.327 e. The van der Waals surface area contributed by atoms with E-state index in [2.05, 4.69) is 15.6 Å². The Hall–Kier alpha value is -1.14. The summed E-state index contributed by atoms with van der Waals surface area (Å²) in [5.74, 6) is -0.983. The van der Waals surface area contributed by atoms with E-state index in [-0.39, 0.29) is 5.91 Å². The second-order valence-corrected chi connectivity index (χ2v) is 2.08. The number of rotatable bonds is 4. The molecule has 1 amide bonds. The van der Waals surface area contributed by atoms with Gasteiger partial charge in [-0.25, -0.2) is 5.43 Å². The van der Waals surface area contributed by atoms with Crippen LogP contribution in [0.15, 0.2) is 0 Å². The fraction of sp³-hybridized carbons (Fsp3) is 0.667. The number of amides is 1. The molecule has 0 aromatic heterocycles. The van der Waals surface area contributed by atoms with Crippen LogP contribution in [0.1, 0.15) is 6.92 Å². The van der Waals surface area contributed by atoms with Gasteiger partial charge in [0.1, 0.15) is 6.04 Å². The van der Waals surface area contributed by atoms with Crippen molar-refractivity contribution in [2.75, 3.05) is 13.7 Å². The molecule has 0 saturated carbocycles. The minimum absolute atomic E-state index is 0.350. The van der Waals surface area contributed by atoms with E-state index in [9.17, 15) is 9.59 Å². The van der Waals surface area contributed by atoms with Crippen LogP contribution in [0, 0.1) is 0 Å². The van der Waals surface area contributed by atoms with Crippen molar-refractivity contribution in [1.29, 1.82) is 0 Å². The highest BCUT2D eigenvalue weighted by Crippen LogP contribution is 1.83. The maximum Gasteiger partial charge on any atom is 0.327 e. The lowest BCUT2D eigenvalue weighted by molar-refractivity contribution is -0.144. The standard InChI is InChI=1S/C6H12N2O4/c1-4(10)7-8-5(3-9)6(11)12-2/h5,8-9H,3H2,1-2H3,(H,7,10)/t5-/m1/s1. The van der Waals surface area contributed by atoms with Crippen LogP contribution in [0.2, 0.25) is 0 Å². The number of carbonyl (C=O) groups excluding carboxylic acids is 2. The molecule has 0 saturated heterocycles. The Kier molecular flexibility index (Phi) is 4.98. The van der Waals surface area contributed by atoms with Crippen LogP contribution in [0.5, 0.6) is 0 Å². The summed E-state index contributed by atoms with van der Waals surface area (Å²) in [5.41, 5.74) is 4.46. The van der Waals surface area contributed by atoms with Gasteiger partial charge in [-0.2, -0.15) is 0 Å². The first-order chi connectivity index (χ1) is 5.61. The quantitative estimate of drug-likeness (QED) is 0.346. The maximum absolute atomic E-state index is 10.8. The van der Waals surface area contributed by atoms with Crippen LogP contribution >= 0.6 is 0 Å². The summed E-state index contributed by atoms with van der Waals surface area (Å²) in [7, 11) is 1.19. The number of hydrogen-bond donors (Lipinski definition) is 3. The number of aliphatic hydroxyl groups is 1. The van der Waals surface area contributed by atoms with Crippen LogP contribution in [-0.2, 0) is 14.3 Å². The molecular formula is C6H12N2O4. The largest absolute Gasteiger partial charge is 0.468 e. The molecule has 0 aliphatic heterocycles. The van der Waals surface area contributed by atoms with E-state index in [0.29, 0.717) is 0 Å². The van der Waals surface area contributed by atoms with Crippen molar-refractivity contribution in [3.05, 3.63) is 0 Å². The molecule has 0 aliphatic rings. The molecule has 0 aliphatic carbocycles. The van der Waals surface area contributed by atoms with Crippen molar-refractivity contribution >= 4 is 11.9 Å². The Morgan fingerprint density at radius 3 is 2.50 bits per heavy atom.